The molecule has 0 fully saturated rings. The number of nitrogens with one attached hydrogen (secondary N) is 1. The quantitative estimate of drug-likeness (QED) is 0.317. The van der Waals surface area contributed by atoms with Crippen LogP contribution in [0, 0.1) is 0 Å². The second kappa shape index (κ2) is 10.3. The molecule has 4 rings (SSSR count). The Morgan fingerprint density at radius 3 is 2.18 bits per heavy atom. The van der Waals surface area contributed by atoms with E-state index >= 15 is 0 Å². The summed E-state index contributed by atoms with van der Waals surface area (Å²) in [5, 5.41) is 2.88. The Kier molecular flexibility index (Phi) is 7.07. The number of rotatable bonds is 7. The molecule has 0 saturated heterocycles. The Bertz CT molecular complexity index is 1240. The van der Waals surface area contributed by atoms with Crippen LogP contribution in [0.3, 0.4) is 0 Å². The molecule has 34 heavy (non-hydrogen) atoms. The van der Waals surface area contributed by atoms with E-state index in [-0.39, 0.29) is 5.91 Å². The molecule has 0 spiro atoms. The minimum Gasteiger partial charge on any atom is -0.322 e. The summed E-state index contributed by atoms with van der Waals surface area (Å²) in [7, 11) is 0. The lowest BCUT2D eigenvalue weighted by Crippen LogP contribution is -2.13. The second-order valence-electron chi connectivity index (χ2n) is 7.95. The lowest BCUT2D eigenvalue weighted by atomic mass is 9.98. The zero-order valence-corrected chi connectivity index (χ0v) is 18.3. The summed E-state index contributed by atoms with van der Waals surface area (Å²) in [6.45, 7) is 0. The highest BCUT2D eigenvalue weighted by atomic mass is 19.4. The smallest absolute Gasteiger partial charge is 0.322 e. The van der Waals surface area contributed by atoms with Gasteiger partial charge in [-0.15, -0.1) is 0 Å². The van der Waals surface area contributed by atoms with Gasteiger partial charge >= 0.3 is 6.18 Å². The number of alkyl halides is 3. The zero-order chi connectivity index (χ0) is 24.0. The van der Waals surface area contributed by atoms with E-state index in [9.17, 15) is 18.0 Å². The van der Waals surface area contributed by atoms with Gasteiger partial charge < -0.3 is 5.32 Å². The number of carbonyl (C=O) groups is 1. The molecule has 1 aromatic heterocycles. The van der Waals surface area contributed by atoms with Gasteiger partial charge in [-0.25, -0.2) is 0 Å². The van der Waals surface area contributed by atoms with Crippen molar-refractivity contribution >= 4 is 11.6 Å². The molecule has 172 valence electrons. The monoisotopic (exact) mass is 460 g/mol. The van der Waals surface area contributed by atoms with Crippen LogP contribution in [-0.4, -0.2) is 10.9 Å². The number of hydrogen-bond acceptors (Lipinski definition) is 2. The van der Waals surface area contributed by atoms with Crippen LogP contribution in [-0.2, 0) is 19.0 Å². The number of halogens is 3. The summed E-state index contributed by atoms with van der Waals surface area (Å²) in [6.07, 6.45) is 0.174. The topological polar surface area (TPSA) is 42.0 Å². The zero-order valence-electron chi connectivity index (χ0n) is 18.3. The first-order valence-electron chi connectivity index (χ1n) is 11.0. The molecule has 3 aromatic carbocycles. The average molecular weight is 460 g/mol. The van der Waals surface area contributed by atoms with Crippen molar-refractivity contribution < 1.29 is 18.0 Å². The first-order valence-corrected chi connectivity index (χ1v) is 11.0. The van der Waals surface area contributed by atoms with Crippen molar-refractivity contribution in [1.29, 1.82) is 0 Å². The Labute approximate surface area is 196 Å². The van der Waals surface area contributed by atoms with Crippen LogP contribution in [0.5, 0.6) is 0 Å². The summed E-state index contributed by atoms with van der Waals surface area (Å²) in [5.41, 5.74) is 3.67. The van der Waals surface area contributed by atoms with E-state index < -0.39 is 11.7 Å². The molecular formula is C28H23F3N2O. The molecule has 0 radical (unpaired) electrons. The number of pyridine rings is 1. The molecule has 0 saturated carbocycles. The summed E-state index contributed by atoms with van der Waals surface area (Å²) < 4.78 is 38.6. The van der Waals surface area contributed by atoms with Gasteiger partial charge in [-0.3, -0.25) is 9.78 Å². The Morgan fingerprint density at radius 2 is 1.50 bits per heavy atom. The van der Waals surface area contributed by atoms with Crippen molar-refractivity contribution in [3.8, 4) is 11.1 Å². The number of aryl methyl sites for hydroxylation is 2. The van der Waals surface area contributed by atoms with Crippen molar-refractivity contribution in [2.45, 2.75) is 25.4 Å². The van der Waals surface area contributed by atoms with Gasteiger partial charge in [-0.1, -0.05) is 48.5 Å². The van der Waals surface area contributed by atoms with Crippen molar-refractivity contribution in [2.24, 2.45) is 0 Å². The molecule has 0 aliphatic heterocycles. The number of amides is 1. The van der Waals surface area contributed by atoms with Crippen LogP contribution in [0.15, 0.2) is 97.2 Å². The van der Waals surface area contributed by atoms with Gasteiger partial charge in [0.05, 0.1) is 5.56 Å². The predicted octanol–water partition coefficient (Wildman–Crippen LogP) is 7.20. The maximum absolute atomic E-state index is 13.0. The third-order valence-electron chi connectivity index (χ3n) is 5.53. The fourth-order valence-electron chi connectivity index (χ4n) is 3.74. The van der Waals surface area contributed by atoms with Gasteiger partial charge in [0, 0.05) is 23.1 Å². The molecule has 1 amide bonds. The summed E-state index contributed by atoms with van der Waals surface area (Å²) in [5.74, 6) is -0.321. The van der Waals surface area contributed by atoms with E-state index in [2.05, 4.69) is 10.3 Å². The maximum atomic E-state index is 13.0. The van der Waals surface area contributed by atoms with Crippen molar-refractivity contribution in [3.05, 3.63) is 120 Å². The van der Waals surface area contributed by atoms with Gasteiger partial charge in [0.25, 0.3) is 5.91 Å². The van der Waals surface area contributed by atoms with E-state index in [4.69, 9.17) is 0 Å². The van der Waals surface area contributed by atoms with Gasteiger partial charge in [0.1, 0.15) is 0 Å². The summed E-state index contributed by atoms with van der Waals surface area (Å²) in [6, 6.07) is 25.3. The van der Waals surface area contributed by atoms with Crippen LogP contribution in [0.4, 0.5) is 18.9 Å². The molecule has 3 nitrogen and oxygen atoms in total. The Balaban J connectivity index is 1.41. The predicted molar refractivity (Wildman–Crippen MR) is 128 cm³/mol. The fourth-order valence-corrected chi connectivity index (χ4v) is 3.74. The first kappa shape index (κ1) is 23.2. The maximum Gasteiger partial charge on any atom is 0.416 e. The largest absolute Gasteiger partial charge is 0.416 e. The number of hydrogen-bond donors (Lipinski definition) is 1. The van der Waals surface area contributed by atoms with Gasteiger partial charge in [0.15, 0.2) is 0 Å². The number of nitrogens with zero attached hydrogens (tertiary/aromatic N) is 1. The highest BCUT2D eigenvalue weighted by Crippen LogP contribution is 2.32. The molecule has 0 atom stereocenters. The van der Waals surface area contributed by atoms with Crippen LogP contribution in [0.25, 0.3) is 11.1 Å². The molecule has 0 aliphatic carbocycles. The van der Waals surface area contributed by atoms with Crippen LogP contribution < -0.4 is 5.32 Å². The van der Waals surface area contributed by atoms with Crippen LogP contribution in [0.2, 0.25) is 0 Å². The van der Waals surface area contributed by atoms with Gasteiger partial charge in [0.2, 0.25) is 0 Å². The molecular weight excluding hydrogens is 437 g/mol. The second-order valence-corrected chi connectivity index (χ2v) is 7.95. The summed E-state index contributed by atoms with van der Waals surface area (Å²) >= 11 is 0. The molecule has 0 bridgehead atoms. The van der Waals surface area contributed by atoms with E-state index in [1.807, 2.05) is 42.5 Å². The minimum absolute atomic E-state index is 0.321. The molecule has 1 N–H and O–H groups in total. The third kappa shape index (κ3) is 5.90. The lowest BCUT2D eigenvalue weighted by molar-refractivity contribution is -0.137. The first-order chi connectivity index (χ1) is 16.4. The minimum atomic E-state index is -4.40. The summed E-state index contributed by atoms with van der Waals surface area (Å²) in [4.78, 5) is 17.3. The van der Waals surface area contributed by atoms with Crippen LogP contribution in [0.1, 0.15) is 33.6 Å². The standard InChI is InChI=1S/C28H23F3N2O/c29-28(30,31)22-15-13-21(14-16-22)25-9-1-2-10-26(25)27(34)33-24-17-11-20(12-18-24)6-5-8-23-7-3-4-19-32-23/h1-4,7,9-19H,5-6,8H2,(H,33,34). The van der Waals surface area contributed by atoms with E-state index in [0.717, 1.165) is 37.1 Å². The van der Waals surface area contributed by atoms with E-state index in [1.165, 1.54) is 17.7 Å². The van der Waals surface area contributed by atoms with Gasteiger partial charge in [-0.05, 0) is 78.4 Å². The Hall–Kier alpha value is -3.93. The highest BCUT2D eigenvalue weighted by molar-refractivity contribution is 6.08. The van der Waals surface area contributed by atoms with E-state index in [0.29, 0.717) is 22.4 Å². The van der Waals surface area contributed by atoms with Crippen molar-refractivity contribution in [1.82, 2.24) is 4.98 Å². The van der Waals surface area contributed by atoms with Crippen molar-refractivity contribution in [2.75, 3.05) is 5.32 Å². The lowest BCUT2D eigenvalue weighted by Gasteiger charge is -2.12. The molecule has 6 heteroatoms. The third-order valence-corrected chi connectivity index (χ3v) is 5.53. The molecule has 0 aliphatic rings. The van der Waals surface area contributed by atoms with Crippen molar-refractivity contribution in [3.63, 3.8) is 0 Å². The number of aromatic nitrogens is 1. The average Bonchev–Trinajstić information content (AvgIpc) is 2.85. The number of carbonyl (C=O) groups excluding carboxylic acids is 1. The van der Waals surface area contributed by atoms with Gasteiger partial charge in [-0.2, -0.15) is 13.2 Å². The molecule has 4 aromatic rings. The normalized spacial score (nSPS) is 11.3. The fraction of sp³-hybridized carbons (Fsp3) is 0.143. The molecule has 0 unspecified atom stereocenters. The SMILES string of the molecule is O=C(Nc1ccc(CCCc2ccccn2)cc1)c1ccccc1-c1ccc(C(F)(F)F)cc1. The number of benzene rings is 3. The Morgan fingerprint density at radius 1 is 0.794 bits per heavy atom. The number of anilines is 1. The van der Waals surface area contributed by atoms with E-state index in [1.54, 1.807) is 30.5 Å². The van der Waals surface area contributed by atoms with Crippen LogP contribution >= 0.6 is 0 Å². The highest BCUT2D eigenvalue weighted by Gasteiger charge is 2.30. The molecule has 1 heterocycles.